The van der Waals surface area contributed by atoms with Crippen LogP contribution in [0.5, 0.6) is 0 Å². The zero-order valence-corrected chi connectivity index (χ0v) is 18.8. The van der Waals surface area contributed by atoms with Gasteiger partial charge in [0.15, 0.2) is 5.82 Å². The number of nitrogens with zero attached hydrogens (tertiary/aromatic N) is 4. The molecule has 2 aromatic rings. The third-order valence-electron chi connectivity index (χ3n) is 6.67. The minimum absolute atomic E-state index is 0.0803. The van der Waals surface area contributed by atoms with Gasteiger partial charge in [0.2, 0.25) is 11.8 Å². The van der Waals surface area contributed by atoms with Gasteiger partial charge in [-0.2, -0.15) is 4.98 Å². The minimum Gasteiger partial charge on any atom is -0.352 e. The Morgan fingerprint density at radius 2 is 1.97 bits per heavy atom. The lowest BCUT2D eigenvalue weighted by atomic mass is 9.87. The first kappa shape index (κ1) is 22.0. The van der Waals surface area contributed by atoms with Gasteiger partial charge in [0.25, 0.3) is 0 Å². The highest BCUT2D eigenvalue weighted by Gasteiger charge is 2.27. The fourth-order valence-corrected chi connectivity index (χ4v) is 4.79. The van der Waals surface area contributed by atoms with E-state index in [9.17, 15) is 4.79 Å². The summed E-state index contributed by atoms with van der Waals surface area (Å²) in [5, 5.41) is 7.42. The molecule has 3 atom stereocenters. The van der Waals surface area contributed by atoms with Gasteiger partial charge in [0, 0.05) is 38.6 Å². The molecule has 1 saturated carbocycles. The van der Waals surface area contributed by atoms with Crippen LogP contribution in [0.15, 0.2) is 34.9 Å². The van der Waals surface area contributed by atoms with Crippen LogP contribution in [0.4, 0.5) is 0 Å². The maximum absolute atomic E-state index is 12.5. The van der Waals surface area contributed by atoms with Gasteiger partial charge in [-0.05, 0) is 31.2 Å². The Balaban J connectivity index is 1.22. The number of piperazine rings is 1. The van der Waals surface area contributed by atoms with E-state index in [0.717, 1.165) is 50.8 Å². The number of amides is 1. The van der Waals surface area contributed by atoms with Crippen LogP contribution in [-0.4, -0.2) is 64.6 Å². The van der Waals surface area contributed by atoms with E-state index >= 15 is 0 Å². The number of rotatable bonds is 7. The molecular weight excluding hydrogens is 390 g/mol. The molecule has 0 bridgehead atoms. The third kappa shape index (κ3) is 6.14. The summed E-state index contributed by atoms with van der Waals surface area (Å²) < 4.78 is 5.56. The van der Waals surface area contributed by atoms with E-state index in [1.54, 1.807) is 0 Å². The molecule has 1 N–H and O–H groups in total. The third-order valence-corrected chi connectivity index (χ3v) is 6.67. The second kappa shape index (κ2) is 10.4. The molecule has 0 spiro atoms. The lowest BCUT2D eigenvalue weighted by Crippen LogP contribution is -2.51. The number of aromatic nitrogens is 2. The van der Waals surface area contributed by atoms with Gasteiger partial charge in [0.1, 0.15) is 0 Å². The molecule has 7 nitrogen and oxygen atoms in total. The first-order chi connectivity index (χ1) is 15.1. The van der Waals surface area contributed by atoms with E-state index in [1.165, 1.54) is 18.4 Å². The summed E-state index contributed by atoms with van der Waals surface area (Å²) in [5.41, 5.74) is 1.18. The molecule has 0 radical (unpaired) electrons. The van der Waals surface area contributed by atoms with Crippen molar-refractivity contribution in [2.45, 2.75) is 58.0 Å². The molecule has 1 aliphatic carbocycles. The molecule has 2 fully saturated rings. The molecular formula is C24H35N5O2. The number of carbonyl (C=O) groups excluding carboxylic acids is 1. The van der Waals surface area contributed by atoms with Crippen LogP contribution in [0, 0.1) is 5.92 Å². The van der Waals surface area contributed by atoms with Crippen molar-refractivity contribution in [2.75, 3.05) is 32.7 Å². The Bertz CT molecular complexity index is 832. The highest BCUT2D eigenvalue weighted by atomic mass is 16.5. The molecule has 168 valence electrons. The summed E-state index contributed by atoms with van der Waals surface area (Å²) in [6.07, 6.45) is 5.44. The van der Waals surface area contributed by atoms with E-state index in [-0.39, 0.29) is 11.9 Å². The van der Waals surface area contributed by atoms with Gasteiger partial charge in [-0.1, -0.05) is 55.3 Å². The Morgan fingerprint density at radius 1 is 1.19 bits per heavy atom. The van der Waals surface area contributed by atoms with Gasteiger partial charge in [0.05, 0.1) is 12.6 Å². The maximum atomic E-state index is 12.5. The monoisotopic (exact) mass is 425 g/mol. The lowest BCUT2D eigenvalue weighted by Gasteiger charge is -2.36. The summed E-state index contributed by atoms with van der Waals surface area (Å²) in [6.45, 7) is 8.44. The Morgan fingerprint density at radius 3 is 2.71 bits per heavy atom. The predicted octanol–water partition coefficient (Wildman–Crippen LogP) is 3.03. The smallest absolute Gasteiger partial charge is 0.243 e. The van der Waals surface area contributed by atoms with E-state index in [1.807, 2.05) is 18.2 Å². The number of nitrogens with one attached hydrogen (secondary N) is 1. The second-order valence-electron chi connectivity index (χ2n) is 9.24. The van der Waals surface area contributed by atoms with Crippen LogP contribution in [0.2, 0.25) is 0 Å². The zero-order valence-electron chi connectivity index (χ0n) is 18.8. The van der Waals surface area contributed by atoms with Crippen molar-refractivity contribution >= 4 is 5.91 Å². The number of carbonyl (C=O) groups is 1. The first-order valence-corrected chi connectivity index (χ1v) is 11.7. The van der Waals surface area contributed by atoms with Gasteiger partial charge in [-0.3, -0.25) is 14.6 Å². The molecule has 1 aromatic heterocycles. The van der Waals surface area contributed by atoms with Crippen LogP contribution in [-0.2, 0) is 11.2 Å². The standard InChI is InChI=1S/C24H35N5O2/c1-18-7-6-10-21(15-18)25-23(30)17-28-11-13-29(14-12-28)19(2)24-26-22(27-31-24)16-20-8-4-3-5-9-20/h3-5,8-9,18-19,21H,6-7,10-17H2,1-2H3,(H,25,30). The van der Waals surface area contributed by atoms with Crippen LogP contribution >= 0.6 is 0 Å². The van der Waals surface area contributed by atoms with Gasteiger partial charge in [-0.25, -0.2) is 0 Å². The summed E-state index contributed by atoms with van der Waals surface area (Å²) in [7, 11) is 0. The van der Waals surface area contributed by atoms with Crippen molar-refractivity contribution in [1.82, 2.24) is 25.3 Å². The van der Waals surface area contributed by atoms with Gasteiger partial charge in [-0.15, -0.1) is 0 Å². The SMILES string of the molecule is CC1CCCC(NC(=O)CN2CCN(C(C)c3nc(Cc4ccccc4)no3)CC2)C1. The summed E-state index contributed by atoms with van der Waals surface area (Å²) in [5.74, 6) is 2.29. The van der Waals surface area contributed by atoms with Crippen molar-refractivity contribution in [3.05, 3.63) is 47.6 Å². The Hall–Kier alpha value is -2.25. The van der Waals surface area contributed by atoms with Gasteiger partial charge >= 0.3 is 0 Å². The van der Waals surface area contributed by atoms with Crippen LogP contribution in [0.1, 0.15) is 62.9 Å². The maximum Gasteiger partial charge on any atom is 0.243 e. The number of benzene rings is 1. The average Bonchev–Trinajstić information content (AvgIpc) is 3.23. The Kier molecular flexibility index (Phi) is 7.35. The number of hydrogen-bond acceptors (Lipinski definition) is 6. The highest BCUT2D eigenvalue weighted by molar-refractivity contribution is 5.78. The number of hydrogen-bond donors (Lipinski definition) is 1. The van der Waals surface area contributed by atoms with E-state index in [2.05, 4.69) is 51.2 Å². The van der Waals surface area contributed by atoms with Crippen molar-refractivity contribution in [1.29, 1.82) is 0 Å². The van der Waals surface area contributed by atoms with Crippen molar-refractivity contribution in [3.8, 4) is 0 Å². The largest absolute Gasteiger partial charge is 0.352 e. The van der Waals surface area contributed by atoms with E-state index in [0.29, 0.717) is 24.9 Å². The minimum atomic E-state index is 0.0803. The molecule has 31 heavy (non-hydrogen) atoms. The van der Waals surface area contributed by atoms with Crippen molar-refractivity contribution in [2.24, 2.45) is 5.92 Å². The lowest BCUT2D eigenvalue weighted by molar-refractivity contribution is -0.123. The fourth-order valence-electron chi connectivity index (χ4n) is 4.79. The second-order valence-corrected chi connectivity index (χ2v) is 9.24. The highest BCUT2D eigenvalue weighted by Crippen LogP contribution is 2.24. The van der Waals surface area contributed by atoms with E-state index < -0.39 is 0 Å². The topological polar surface area (TPSA) is 74.5 Å². The van der Waals surface area contributed by atoms with E-state index in [4.69, 9.17) is 4.52 Å². The summed E-state index contributed by atoms with van der Waals surface area (Å²) in [4.78, 5) is 21.7. The molecule has 2 heterocycles. The zero-order chi connectivity index (χ0) is 21.6. The van der Waals surface area contributed by atoms with Crippen LogP contribution in [0.3, 0.4) is 0 Å². The normalized spacial score (nSPS) is 24.1. The van der Waals surface area contributed by atoms with Crippen molar-refractivity contribution in [3.63, 3.8) is 0 Å². The van der Waals surface area contributed by atoms with Crippen molar-refractivity contribution < 1.29 is 9.32 Å². The molecule has 1 amide bonds. The first-order valence-electron chi connectivity index (χ1n) is 11.7. The Labute approximate surface area is 185 Å². The molecule has 3 unspecified atom stereocenters. The fraction of sp³-hybridized carbons (Fsp3) is 0.625. The molecule has 7 heteroatoms. The van der Waals surface area contributed by atoms with Gasteiger partial charge < -0.3 is 9.84 Å². The molecule has 1 aliphatic heterocycles. The average molecular weight is 426 g/mol. The molecule has 4 rings (SSSR count). The molecule has 1 aromatic carbocycles. The quantitative estimate of drug-likeness (QED) is 0.735. The summed E-state index contributed by atoms with van der Waals surface area (Å²) in [6, 6.07) is 10.6. The molecule has 1 saturated heterocycles. The van der Waals surface area contributed by atoms with Crippen LogP contribution < -0.4 is 5.32 Å². The predicted molar refractivity (Wildman–Crippen MR) is 120 cm³/mol. The summed E-state index contributed by atoms with van der Waals surface area (Å²) >= 11 is 0. The molecule has 2 aliphatic rings. The van der Waals surface area contributed by atoms with Crippen LogP contribution in [0.25, 0.3) is 0 Å².